The molecule has 3 aromatic rings. The minimum atomic E-state index is -0.127. The normalized spacial score (nSPS) is 12.0. The fourth-order valence-electron chi connectivity index (χ4n) is 3.91. The molecule has 160 valence electrons. The number of hydrogen-bond acceptors (Lipinski definition) is 3. The number of methoxy groups -OCH3 is 2. The molecule has 1 amide bonds. The smallest absolute Gasteiger partial charge is 0.220 e. The van der Waals surface area contributed by atoms with Gasteiger partial charge in [0.05, 0.1) is 14.2 Å². The van der Waals surface area contributed by atoms with Gasteiger partial charge >= 0.3 is 0 Å². The lowest BCUT2D eigenvalue weighted by Crippen LogP contribution is -2.26. The molecule has 1 unspecified atom stereocenters. The van der Waals surface area contributed by atoms with Gasteiger partial charge in [0.1, 0.15) is 11.5 Å². The molecular formula is C25H32N2O3. The number of ether oxygens (including phenoxy) is 2. The van der Waals surface area contributed by atoms with Crippen LogP contribution in [0.2, 0.25) is 0 Å². The average molecular weight is 409 g/mol. The van der Waals surface area contributed by atoms with Crippen LogP contribution in [0.25, 0.3) is 10.9 Å². The highest BCUT2D eigenvalue weighted by atomic mass is 16.5. The van der Waals surface area contributed by atoms with Crippen LogP contribution in [0, 0.1) is 0 Å². The second-order valence-corrected chi connectivity index (χ2v) is 7.56. The summed E-state index contributed by atoms with van der Waals surface area (Å²) in [6.07, 6.45) is 6.93. The van der Waals surface area contributed by atoms with Crippen LogP contribution in [0.1, 0.15) is 56.1 Å². The van der Waals surface area contributed by atoms with E-state index in [0.717, 1.165) is 52.9 Å². The molecule has 0 aliphatic heterocycles. The number of fused-ring (bicyclic) bond motifs is 1. The molecule has 2 N–H and O–H groups in total. The highest BCUT2D eigenvalue weighted by Crippen LogP contribution is 2.39. The summed E-state index contributed by atoms with van der Waals surface area (Å²) < 4.78 is 11.0. The minimum absolute atomic E-state index is 0.0552. The van der Waals surface area contributed by atoms with E-state index in [1.807, 2.05) is 36.5 Å². The summed E-state index contributed by atoms with van der Waals surface area (Å²) in [5.74, 6) is 1.38. The molecule has 0 radical (unpaired) electrons. The van der Waals surface area contributed by atoms with Crippen LogP contribution in [0.3, 0.4) is 0 Å². The topological polar surface area (TPSA) is 63.4 Å². The summed E-state index contributed by atoms with van der Waals surface area (Å²) in [4.78, 5) is 16.2. The molecule has 0 spiro atoms. The van der Waals surface area contributed by atoms with Crippen LogP contribution < -0.4 is 14.8 Å². The number of benzene rings is 2. The fourth-order valence-corrected chi connectivity index (χ4v) is 3.91. The molecule has 0 saturated carbocycles. The molecule has 3 rings (SSSR count). The number of amides is 1. The van der Waals surface area contributed by atoms with Gasteiger partial charge in [0, 0.05) is 47.6 Å². The van der Waals surface area contributed by atoms with Gasteiger partial charge in [-0.2, -0.15) is 0 Å². The minimum Gasteiger partial charge on any atom is -0.497 e. The number of aromatic nitrogens is 1. The van der Waals surface area contributed by atoms with Gasteiger partial charge in [-0.15, -0.1) is 0 Å². The van der Waals surface area contributed by atoms with Gasteiger partial charge in [0.2, 0.25) is 5.91 Å². The van der Waals surface area contributed by atoms with Crippen molar-refractivity contribution in [3.05, 3.63) is 59.8 Å². The SMILES string of the molecule is CCCCCCNC(=O)CC(c1ccc(OC)cc1OC)c1c[nH]c2ccccc12. The molecule has 0 saturated heterocycles. The van der Waals surface area contributed by atoms with Gasteiger partial charge < -0.3 is 19.8 Å². The van der Waals surface area contributed by atoms with Crippen molar-refractivity contribution in [2.75, 3.05) is 20.8 Å². The highest BCUT2D eigenvalue weighted by Gasteiger charge is 2.24. The van der Waals surface area contributed by atoms with Crippen LogP contribution in [-0.4, -0.2) is 31.7 Å². The van der Waals surface area contributed by atoms with E-state index in [0.29, 0.717) is 6.42 Å². The second-order valence-electron chi connectivity index (χ2n) is 7.56. The Labute approximate surface area is 178 Å². The first-order chi connectivity index (χ1) is 14.7. The molecular weight excluding hydrogens is 376 g/mol. The number of H-pyrrole nitrogens is 1. The number of unbranched alkanes of at least 4 members (excludes halogenated alkanes) is 3. The number of nitrogens with one attached hydrogen (secondary N) is 2. The van der Waals surface area contributed by atoms with Crippen molar-refractivity contribution in [1.29, 1.82) is 0 Å². The predicted molar refractivity (Wildman–Crippen MR) is 121 cm³/mol. The number of hydrogen-bond donors (Lipinski definition) is 2. The summed E-state index contributed by atoms with van der Waals surface area (Å²) in [5, 5.41) is 4.22. The van der Waals surface area contributed by atoms with Gasteiger partial charge in [-0.1, -0.05) is 50.5 Å². The maximum atomic E-state index is 12.8. The van der Waals surface area contributed by atoms with Crippen LogP contribution in [0.15, 0.2) is 48.7 Å². The fraction of sp³-hybridized carbons (Fsp3) is 0.400. The Morgan fingerprint density at radius 1 is 1.03 bits per heavy atom. The molecule has 2 aromatic carbocycles. The number of para-hydroxylation sites is 1. The van der Waals surface area contributed by atoms with E-state index >= 15 is 0 Å². The standard InChI is InChI=1S/C25H32N2O3/c1-4-5-6-9-14-26-25(28)16-21(20-13-12-18(29-2)15-24(20)30-3)22-17-27-23-11-8-7-10-19(22)23/h7-8,10-13,15,17,21,27H,4-6,9,14,16H2,1-3H3,(H,26,28). The number of aromatic amines is 1. The largest absolute Gasteiger partial charge is 0.497 e. The zero-order valence-electron chi connectivity index (χ0n) is 18.2. The number of carbonyl (C=O) groups is 1. The first-order valence-corrected chi connectivity index (χ1v) is 10.7. The molecule has 0 aliphatic rings. The van der Waals surface area contributed by atoms with Crippen LogP contribution in [0.4, 0.5) is 0 Å². The molecule has 1 heterocycles. The van der Waals surface area contributed by atoms with Crippen LogP contribution in [-0.2, 0) is 4.79 Å². The van der Waals surface area contributed by atoms with Crippen LogP contribution in [0.5, 0.6) is 11.5 Å². The van der Waals surface area contributed by atoms with Gasteiger partial charge in [0.25, 0.3) is 0 Å². The summed E-state index contributed by atoms with van der Waals surface area (Å²) >= 11 is 0. The maximum absolute atomic E-state index is 12.8. The molecule has 0 bridgehead atoms. The van der Waals surface area contributed by atoms with Crippen LogP contribution >= 0.6 is 0 Å². The Bertz CT molecular complexity index is 964. The third-order valence-electron chi connectivity index (χ3n) is 5.55. The van der Waals surface area contributed by atoms with E-state index < -0.39 is 0 Å². The molecule has 0 fully saturated rings. The van der Waals surface area contributed by atoms with Crippen molar-refractivity contribution in [3.8, 4) is 11.5 Å². The van der Waals surface area contributed by atoms with Gasteiger partial charge in [-0.05, 0) is 24.1 Å². The summed E-state index contributed by atoms with van der Waals surface area (Å²) in [7, 11) is 3.29. The molecule has 5 heteroatoms. The summed E-state index contributed by atoms with van der Waals surface area (Å²) in [6, 6.07) is 14.0. The zero-order chi connectivity index (χ0) is 21.3. The first kappa shape index (κ1) is 21.8. The van der Waals surface area contributed by atoms with E-state index in [2.05, 4.69) is 29.4 Å². The predicted octanol–water partition coefficient (Wildman–Crippen LogP) is 5.40. The highest BCUT2D eigenvalue weighted by molar-refractivity contribution is 5.86. The summed E-state index contributed by atoms with van der Waals surface area (Å²) in [5.41, 5.74) is 3.13. The van der Waals surface area contributed by atoms with Crippen molar-refractivity contribution in [2.24, 2.45) is 0 Å². The van der Waals surface area contributed by atoms with E-state index in [9.17, 15) is 4.79 Å². The Morgan fingerprint density at radius 3 is 2.63 bits per heavy atom. The Morgan fingerprint density at radius 2 is 1.87 bits per heavy atom. The average Bonchev–Trinajstić information content (AvgIpc) is 3.21. The molecule has 1 aromatic heterocycles. The third-order valence-corrected chi connectivity index (χ3v) is 5.55. The van der Waals surface area contributed by atoms with Crippen molar-refractivity contribution in [1.82, 2.24) is 10.3 Å². The number of rotatable bonds is 11. The lowest BCUT2D eigenvalue weighted by molar-refractivity contribution is -0.121. The molecule has 30 heavy (non-hydrogen) atoms. The zero-order valence-corrected chi connectivity index (χ0v) is 18.2. The Balaban J connectivity index is 1.89. The van der Waals surface area contributed by atoms with Crippen molar-refractivity contribution in [2.45, 2.75) is 44.9 Å². The lowest BCUT2D eigenvalue weighted by atomic mass is 9.87. The van der Waals surface area contributed by atoms with E-state index in [4.69, 9.17) is 9.47 Å². The molecule has 1 atom stereocenters. The Kier molecular flexibility index (Phi) is 7.77. The first-order valence-electron chi connectivity index (χ1n) is 10.7. The lowest BCUT2D eigenvalue weighted by Gasteiger charge is -2.20. The van der Waals surface area contributed by atoms with E-state index in [1.54, 1.807) is 14.2 Å². The van der Waals surface area contributed by atoms with Crippen molar-refractivity contribution in [3.63, 3.8) is 0 Å². The van der Waals surface area contributed by atoms with E-state index in [-0.39, 0.29) is 11.8 Å². The maximum Gasteiger partial charge on any atom is 0.220 e. The van der Waals surface area contributed by atoms with E-state index in [1.165, 1.54) is 12.8 Å². The second kappa shape index (κ2) is 10.7. The third kappa shape index (κ3) is 5.15. The van der Waals surface area contributed by atoms with Gasteiger partial charge in [-0.25, -0.2) is 0 Å². The monoisotopic (exact) mass is 408 g/mol. The Hall–Kier alpha value is -2.95. The van der Waals surface area contributed by atoms with Gasteiger partial charge in [-0.3, -0.25) is 4.79 Å². The molecule has 5 nitrogen and oxygen atoms in total. The van der Waals surface area contributed by atoms with Gasteiger partial charge in [0.15, 0.2) is 0 Å². The van der Waals surface area contributed by atoms with Crippen molar-refractivity contribution >= 4 is 16.8 Å². The summed E-state index contributed by atoms with van der Waals surface area (Å²) in [6.45, 7) is 2.91. The quantitative estimate of drug-likeness (QED) is 0.417. The molecule has 0 aliphatic carbocycles. The number of carbonyl (C=O) groups excluding carboxylic acids is 1. The van der Waals surface area contributed by atoms with Crippen molar-refractivity contribution < 1.29 is 14.3 Å².